The van der Waals surface area contributed by atoms with E-state index in [0.29, 0.717) is 6.54 Å². The fourth-order valence-corrected chi connectivity index (χ4v) is 5.96. The minimum atomic E-state index is 0.203. The van der Waals surface area contributed by atoms with Gasteiger partial charge in [0.2, 0.25) is 5.91 Å². The first kappa shape index (κ1) is 21.6. The summed E-state index contributed by atoms with van der Waals surface area (Å²) in [6, 6.07) is 12.8. The van der Waals surface area contributed by atoms with E-state index in [0.717, 1.165) is 63.7 Å². The van der Waals surface area contributed by atoms with Gasteiger partial charge < -0.3 is 10.0 Å². The lowest BCUT2D eigenvalue weighted by Crippen LogP contribution is -2.51. The summed E-state index contributed by atoms with van der Waals surface area (Å²) in [6.07, 6.45) is 3.70. The van der Waals surface area contributed by atoms with E-state index in [9.17, 15) is 4.79 Å². The van der Waals surface area contributed by atoms with Crippen molar-refractivity contribution in [3.05, 3.63) is 59.3 Å². The number of hydrogen-bond acceptors (Lipinski definition) is 6. The number of carbonyl (C=O) groups excluding carboxylic acids is 1. The van der Waals surface area contributed by atoms with Crippen molar-refractivity contribution >= 4 is 23.2 Å². The van der Waals surface area contributed by atoms with Gasteiger partial charge in [0, 0.05) is 62.5 Å². The molecule has 1 N–H and O–H groups in total. The van der Waals surface area contributed by atoms with E-state index in [-0.39, 0.29) is 12.5 Å². The number of likely N-dealkylation sites (tertiary alicyclic amines) is 1. The van der Waals surface area contributed by atoms with Crippen LogP contribution in [0.4, 0.5) is 0 Å². The third-order valence-electron chi connectivity index (χ3n) is 6.72. The van der Waals surface area contributed by atoms with Crippen molar-refractivity contribution in [3.8, 4) is 0 Å². The quantitative estimate of drug-likeness (QED) is 0.659. The molecule has 168 valence electrons. The second-order valence-corrected chi connectivity index (χ2v) is 9.69. The minimum Gasteiger partial charge on any atom is -0.395 e. The SMILES string of the molecule is O=C(CN1CCN(CCO)CC1)N1CCC(=C2c3ccccc3Sc3ncccc32)CC1. The highest BCUT2D eigenvalue weighted by Gasteiger charge is 2.28. The van der Waals surface area contributed by atoms with Gasteiger partial charge in [-0.25, -0.2) is 4.98 Å². The molecule has 0 radical (unpaired) electrons. The van der Waals surface area contributed by atoms with E-state index in [2.05, 4.69) is 45.1 Å². The van der Waals surface area contributed by atoms with E-state index in [1.54, 1.807) is 11.8 Å². The molecule has 3 aliphatic rings. The maximum atomic E-state index is 13.0. The third-order valence-corrected chi connectivity index (χ3v) is 7.81. The summed E-state index contributed by atoms with van der Waals surface area (Å²) < 4.78 is 0. The summed E-state index contributed by atoms with van der Waals surface area (Å²) in [5, 5.41) is 10.2. The van der Waals surface area contributed by atoms with Gasteiger partial charge in [-0.15, -0.1) is 0 Å². The highest BCUT2D eigenvalue weighted by Crippen LogP contribution is 2.46. The Kier molecular flexibility index (Phi) is 6.59. The van der Waals surface area contributed by atoms with Crippen LogP contribution in [0.25, 0.3) is 5.57 Å². The molecule has 2 fully saturated rings. The summed E-state index contributed by atoms with van der Waals surface area (Å²) >= 11 is 1.75. The summed E-state index contributed by atoms with van der Waals surface area (Å²) in [5.74, 6) is 0.242. The van der Waals surface area contributed by atoms with E-state index >= 15 is 0 Å². The summed E-state index contributed by atoms with van der Waals surface area (Å²) in [5.41, 5.74) is 5.29. The van der Waals surface area contributed by atoms with Crippen molar-refractivity contribution in [3.63, 3.8) is 0 Å². The molecule has 6 nitrogen and oxygen atoms in total. The number of piperazine rings is 1. The molecule has 0 bridgehead atoms. The van der Waals surface area contributed by atoms with Gasteiger partial charge >= 0.3 is 0 Å². The lowest BCUT2D eigenvalue weighted by molar-refractivity contribution is -0.133. The number of amides is 1. The Morgan fingerprint density at radius 3 is 2.44 bits per heavy atom. The average molecular weight is 451 g/mol. The Morgan fingerprint density at radius 1 is 0.938 bits per heavy atom. The van der Waals surface area contributed by atoms with E-state index < -0.39 is 0 Å². The lowest BCUT2D eigenvalue weighted by atomic mass is 9.88. The molecular formula is C25H30N4O2S. The number of benzene rings is 1. The van der Waals surface area contributed by atoms with Gasteiger partial charge in [0.15, 0.2) is 0 Å². The topological polar surface area (TPSA) is 59.9 Å². The molecule has 1 aromatic heterocycles. The Bertz CT molecular complexity index is 959. The molecular weight excluding hydrogens is 420 g/mol. The largest absolute Gasteiger partial charge is 0.395 e. The number of aromatic nitrogens is 1. The maximum Gasteiger partial charge on any atom is 0.236 e. The van der Waals surface area contributed by atoms with Crippen molar-refractivity contribution in [1.82, 2.24) is 19.7 Å². The van der Waals surface area contributed by atoms with Crippen LogP contribution in [0.2, 0.25) is 0 Å². The van der Waals surface area contributed by atoms with Crippen molar-refractivity contribution in [2.45, 2.75) is 22.8 Å². The van der Waals surface area contributed by atoms with E-state index in [1.807, 2.05) is 17.2 Å². The highest BCUT2D eigenvalue weighted by molar-refractivity contribution is 7.99. The molecule has 0 spiro atoms. The molecule has 3 aliphatic heterocycles. The first-order chi connectivity index (χ1) is 15.7. The zero-order valence-corrected chi connectivity index (χ0v) is 19.2. The van der Waals surface area contributed by atoms with Crippen LogP contribution in [0.1, 0.15) is 24.0 Å². The number of hydrogen-bond donors (Lipinski definition) is 1. The highest BCUT2D eigenvalue weighted by atomic mass is 32.2. The molecule has 0 aliphatic carbocycles. The Labute approximate surface area is 193 Å². The maximum absolute atomic E-state index is 13.0. The first-order valence-corrected chi connectivity index (χ1v) is 12.3. The van der Waals surface area contributed by atoms with Gasteiger partial charge in [-0.1, -0.05) is 41.6 Å². The molecule has 0 atom stereocenters. The van der Waals surface area contributed by atoms with Crippen molar-refractivity contribution in [2.24, 2.45) is 0 Å². The number of rotatable bonds is 4. The minimum absolute atomic E-state index is 0.203. The monoisotopic (exact) mass is 450 g/mol. The molecule has 4 heterocycles. The zero-order chi connectivity index (χ0) is 21.9. The Morgan fingerprint density at radius 2 is 1.66 bits per heavy atom. The molecule has 1 amide bonds. The summed E-state index contributed by atoms with van der Waals surface area (Å²) in [7, 11) is 0. The van der Waals surface area contributed by atoms with Gasteiger partial charge in [-0.2, -0.15) is 0 Å². The molecule has 0 unspecified atom stereocenters. The van der Waals surface area contributed by atoms with Crippen LogP contribution in [0.5, 0.6) is 0 Å². The summed E-state index contributed by atoms with van der Waals surface area (Å²) in [4.78, 5) is 25.4. The molecule has 5 rings (SSSR count). The third kappa shape index (κ3) is 4.48. The number of pyridine rings is 1. The van der Waals surface area contributed by atoms with Crippen molar-refractivity contribution in [2.75, 3.05) is 59.0 Å². The van der Waals surface area contributed by atoms with E-state index in [4.69, 9.17) is 5.11 Å². The van der Waals surface area contributed by atoms with Crippen LogP contribution in [0.15, 0.2) is 58.1 Å². The number of piperidine rings is 1. The fraction of sp³-hybridized carbons (Fsp3) is 0.440. The molecule has 32 heavy (non-hydrogen) atoms. The first-order valence-electron chi connectivity index (χ1n) is 11.5. The average Bonchev–Trinajstić information content (AvgIpc) is 2.84. The van der Waals surface area contributed by atoms with Crippen LogP contribution < -0.4 is 0 Å². The number of β-amino-alcohol motifs (C(OH)–C–C–N with tert-alkyl or cyclic N) is 1. The Hall–Kier alpha value is -2.19. The van der Waals surface area contributed by atoms with Gasteiger partial charge in [-0.05, 0) is 36.1 Å². The predicted octanol–water partition coefficient (Wildman–Crippen LogP) is 2.58. The van der Waals surface area contributed by atoms with Crippen LogP contribution >= 0.6 is 11.8 Å². The van der Waals surface area contributed by atoms with Crippen molar-refractivity contribution < 1.29 is 9.90 Å². The van der Waals surface area contributed by atoms with Gasteiger partial charge in [-0.3, -0.25) is 14.6 Å². The zero-order valence-electron chi connectivity index (χ0n) is 18.4. The Balaban J connectivity index is 1.27. The van der Waals surface area contributed by atoms with Gasteiger partial charge in [0.1, 0.15) is 5.03 Å². The normalized spacial score (nSPS) is 19.6. The smallest absolute Gasteiger partial charge is 0.236 e. The lowest BCUT2D eigenvalue weighted by Gasteiger charge is -2.36. The van der Waals surface area contributed by atoms with Gasteiger partial charge in [0.05, 0.1) is 13.2 Å². The summed E-state index contributed by atoms with van der Waals surface area (Å²) in [6.45, 7) is 6.65. The number of carbonyl (C=O) groups is 1. The number of aliphatic hydroxyl groups excluding tert-OH is 1. The molecule has 2 saturated heterocycles. The van der Waals surface area contributed by atoms with Crippen LogP contribution in [0.3, 0.4) is 0 Å². The van der Waals surface area contributed by atoms with Crippen LogP contribution in [-0.2, 0) is 4.79 Å². The number of fused-ring (bicyclic) bond motifs is 2. The number of aliphatic hydroxyl groups is 1. The van der Waals surface area contributed by atoms with Crippen LogP contribution in [0, 0.1) is 0 Å². The second-order valence-electron chi connectivity index (χ2n) is 8.66. The molecule has 2 aromatic rings. The second kappa shape index (κ2) is 9.75. The molecule has 0 saturated carbocycles. The number of nitrogens with zero attached hydrogens (tertiary/aromatic N) is 4. The molecule has 7 heteroatoms. The van der Waals surface area contributed by atoms with Crippen molar-refractivity contribution in [1.29, 1.82) is 0 Å². The van der Waals surface area contributed by atoms with Crippen LogP contribution in [-0.4, -0.2) is 89.7 Å². The predicted molar refractivity (Wildman–Crippen MR) is 127 cm³/mol. The standard InChI is InChI=1S/C25H30N4O2S/c30-17-16-27-12-14-28(15-13-27)18-23(31)29-10-7-19(8-11-29)24-20-4-1-2-6-22(20)32-25-21(24)5-3-9-26-25/h1-6,9,30H,7-8,10-18H2. The van der Waals surface area contributed by atoms with E-state index in [1.165, 1.54) is 27.2 Å². The molecule has 1 aromatic carbocycles. The fourth-order valence-electron chi connectivity index (χ4n) is 4.93. The van der Waals surface area contributed by atoms with Gasteiger partial charge in [0.25, 0.3) is 0 Å².